The van der Waals surface area contributed by atoms with E-state index in [0.717, 1.165) is 22.4 Å². The predicted octanol–water partition coefficient (Wildman–Crippen LogP) is 4.82. The first-order valence-electron chi connectivity index (χ1n) is 9.04. The monoisotopic (exact) mass is 370 g/mol. The van der Waals surface area contributed by atoms with E-state index in [1.807, 2.05) is 91.0 Å². The van der Waals surface area contributed by atoms with Crippen LogP contribution in [0.25, 0.3) is 6.08 Å². The van der Waals surface area contributed by atoms with Crippen LogP contribution in [0.4, 0.5) is 0 Å². The highest BCUT2D eigenvalue weighted by Crippen LogP contribution is 2.14. The van der Waals surface area contributed by atoms with Crippen LogP contribution in [0.2, 0.25) is 0 Å². The smallest absolute Gasteiger partial charge is 0.267 e. The first-order chi connectivity index (χ1) is 13.7. The molecule has 0 heterocycles. The molecular formula is C24H22N2O2. The zero-order valence-corrected chi connectivity index (χ0v) is 15.7. The van der Waals surface area contributed by atoms with Crippen molar-refractivity contribution < 1.29 is 9.53 Å². The summed E-state index contributed by atoms with van der Waals surface area (Å²) < 4.78 is 5.81. The van der Waals surface area contributed by atoms with E-state index in [4.69, 9.17) is 4.74 Å². The van der Waals surface area contributed by atoms with Gasteiger partial charge in [0.1, 0.15) is 12.4 Å². The average molecular weight is 370 g/mol. The quantitative estimate of drug-likeness (QED) is 0.368. The summed E-state index contributed by atoms with van der Waals surface area (Å²) in [6, 6.07) is 27.3. The van der Waals surface area contributed by atoms with Crippen LogP contribution >= 0.6 is 0 Å². The zero-order valence-electron chi connectivity index (χ0n) is 15.7. The van der Waals surface area contributed by atoms with Gasteiger partial charge in [0.15, 0.2) is 0 Å². The van der Waals surface area contributed by atoms with Crippen molar-refractivity contribution in [2.45, 2.75) is 13.5 Å². The molecule has 4 nitrogen and oxygen atoms in total. The fourth-order valence-electron chi connectivity index (χ4n) is 2.54. The van der Waals surface area contributed by atoms with Gasteiger partial charge in [-0.1, -0.05) is 72.8 Å². The maximum atomic E-state index is 12.1. The standard InChI is InChI=1S/C24H22N2O2/c1-19(15-20-9-4-2-5-10-20)24(27)26-25-17-22-13-8-14-23(16-22)28-18-21-11-6-3-7-12-21/h2-17H,18H2,1H3,(H,26,27)/b19-15+,25-17+. The Labute approximate surface area is 165 Å². The van der Waals surface area contributed by atoms with E-state index in [2.05, 4.69) is 10.5 Å². The summed E-state index contributed by atoms with van der Waals surface area (Å²) in [5, 5.41) is 4.04. The molecule has 0 saturated heterocycles. The van der Waals surface area contributed by atoms with Gasteiger partial charge in [-0.05, 0) is 41.8 Å². The van der Waals surface area contributed by atoms with E-state index in [-0.39, 0.29) is 5.91 Å². The van der Waals surface area contributed by atoms with Gasteiger partial charge in [-0.15, -0.1) is 0 Å². The van der Waals surface area contributed by atoms with Crippen LogP contribution in [0.15, 0.2) is 95.6 Å². The lowest BCUT2D eigenvalue weighted by Crippen LogP contribution is -2.18. The molecule has 3 rings (SSSR count). The number of benzene rings is 3. The molecule has 28 heavy (non-hydrogen) atoms. The number of ether oxygens (including phenoxy) is 1. The number of carbonyl (C=O) groups is 1. The maximum Gasteiger partial charge on any atom is 0.267 e. The molecule has 3 aromatic rings. The van der Waals surface area contributed by atoms with Gasteiger partial charge in [-0.25, -0.2) is 5.43 Å². The number of nitrogens with one attached hydrogen (secondary N) is 1. The largest absolute Gasteiger partial charge is 0.489 e. The Bertz CT molecular complexity index is 964. The molecule has 1 amide bonds. The highest BCUT2D eigenvalue weighted by Gasteiger charge is 2.02. The molecule has 0 atom stereocenters. The summed E-state index contributed by atoms with van der Waals surface area (Å²) in [5.74, 6) is 0.510. The Morgan fingerprint density at radius 3 is 2.36 bits per heavy atom. The minimum atomic E-state index is -0.239. The van der Waals surface area contributed by atoms with Crippen molar-refractivity contribution in [3.8, 4) is 5.75 Å². The Morgan fingerprint density at radius 2 is 1.61 bits per heavy atom. The molecular weight excluding hydrogens is 348 g/mol. The molecule has 0 bridgehead atoms. The molecule has 4 heteroatoms. The summed E-state index contributed by atoms with van der Waals surface area (Å²) in [4.78, 5) is 12.1. The average Bonchev–Trinajstić information content (AvgIpc) is 2.74. The Kier molecular flexibility index (Phi) is 6.74. The van der Waals surface area contributed by atoms with Gasteiger partial charge in [-0.3, -0.25) is 4.79 Å². The lowest BCUT2D eigenvalue weighted by molar-refractivity contribution is -0.117. The lowest BCUT2D eigenvalue weighted by atomic mass is 10.1. The number of hydrazone groups is 1. The molecule has 0 unspecified atom stereocenters. The van der Waals surface area contributed by atoms with E-state index in [1.54, 1.807) is 13.1 Å². The second kappa shape index (κ2) is 9.88. The number of hydrogen-bond acceptors (Lipinski definition) is 3. The molecule has 0 aliphatic carbocycles. The van der Waals surface area contributed by atoms with Gasteiger partial charge < -0.3 is 4.74 Å². The van der Waals surface area contributed by atoms with Crippen molar-refractivity contribution in [3.63, 3.8) is 0 Å². The van der Waals surface area contributed by atoms with Crippen LogP contribution in [0.5, 0.6) is 5.75 Å². The fourth-order valence-corrected chi connectivity index (χ4v) is 2.54. The third-order valence-corrected chi connectivity index (χ3v) is 4.03. The summed E-state index contributed by atoms with van der Waals surface area (Å²) >= 11 is 0. The predicted molar refractivity (Wildman–Crippen MR) is 113 cm³/mol. The van der Waals surface area contributed by atoms with Crippen LogP contribution < -0.4 is 10.2 Å². The van der Waals surface area contributed by atoms with Gasteiger partial charge in [0.2, 0.25) is 0 Å². The third-order valence-electron chi connectivity index (χ3n) is 4.03. The van der Waals surface area contributed by atoms with Gasteiger partial charge >= 0.3 is 0 Å². The molecule has 0 aromatic heterocycles. The number of carbonyl (C=O) groups excluding carboxylic acids is 1. The molecule has 0 radical (unpaired) electrons. The van der Waals surface area contributed by atoms with Crippen LogP contribution in [-0.4, -0.2) is 12.1 Å². The fraction of sp³-hybridized carbons (Fsp3) is 0.0833. The number of hydrogen-bond donors (Lipinski definition) is 1. The van der Waals surface area contributed by atoms with Gasteiger partial charge in [0, 0.05) is 5.57 Å². The number of nitrogens with zero attached hydrogens (tertiary/aromatic N) is 1. The maximum absolute atomic E-state index is 12.1. The van der Waals surface area contributed by atoms with Gasteiger partial charge in [0.25, 0.3) is 5.91 Å². The zero-order chi connectivity index (χ0) is 19.6. The van der Waals surface area contributed by atoms with Crippen molar-refractivity contribution in [3.05, 3.63) is 107 Å². The van der Waals surface area contributed by atoms with Crippen LogP contribution in [0.1, 0.15) is 23.6 Å². The Morgan fingerprint density at radius 1 is 0.929 bits per heavy atom. The van der Waals surface area contributed by atoms with E-state index >= 15 is 0 Å². The molecule has 0 fully saturated rings. The van der Waals surface area contributed by atoms with E-state index in [1.165, 1.54) is 0 Å². The first kappa shape index (κ1) is 19.1. The van der Waals surface area contributed by atoms with Crippen LogP contribution in [0.3, 0.4) is 0 Å². The Hall–Kier alpha value is -3.66. The van der Waals surface area contributed by atoms with E-state index in [9.17, 15) is 4.79 Å². The molecule has 0 aliphatic heterocycles. The van der Waals surface area contributed by atoms with Crippen molar-refractivity contribution in [1.82, 2.24) is 5.43 Å². The second-order valence-electron chi connectivity index (χ2n) is 6.28. The Balaban J connectivity index is 1.55. The number of amides is 1. The second-order valence-corrected chi connectivity index (χ2v) is 6.28. The van der Waals surface area contributed by atoms with Crippen LogP contribution in [-0.2, 0) is 11.4 Å². The SMILES string of the molecule is C/C(=C\c1ccccc1)C(=O)N/N=C/c1cccc(OCc2ccccc2)c1. The van der Waals surface area contributed by atoms with Crippen molar-refractivity contribution in [2.24, 2.45) is 5.10 Å². The number of rotatable bonds is 7. The molecule has 0 saturated carbocycles. The molecule has 0 aliphatic rings. The lowest BCUT2D eigenvalue weighted by Gasteiger charge is -2.06. The molecule has 140 valence electrons. The third kappa shape index (κ3) is 5.95. The van der Waals surface area contributed by atoms with Crippen molar-refractivity contribution in [2.75, 3.05) is 0 Å². The normalized spacial score (nSPS) is 11.4. The van der Waals surface area contributed by atoms with E-state index in [0.29, 0.717) is 12.2 Å². The first-order valence-corrected chi connectivity index (χ1v) is 9.04. The topological polar surface area (TPSA) is 50.7 Å². The highest BCUT2D eigenvalue weighted by atomic mass is 16.5. The minimum absolute atomic E-state index is 0.239. The summed E-state index contributed by atoms with van der Waals surface area (Å²) in [5.41, 5.74) is 6.06. The molecule has 0 spiro atoms. The van der Waals surface area contributed by atoms with E-state index < -0.39 is 0 Å². The van der Waals surface area contributed by atoms with Crippen LogP contribution in [0, 0.1) is 0 Å². The van der Waals surface area contributed by atoms with Gasteiger partial charge in [-0.2, -0.15) is 5.10 Å². The minimum Gasteiger partial charge on any atom is -0.489 e. The van der Waals surface area contributed by atoms with Crippen molar-refractivity contribution in [1.29, 1.82) is 0 Å². The highest BCUT2D eigenvalue weighted by molar-refractivity contribution is 5.97. The molecule has 1 N–H and O–H groups in total. The molecule has 3 aromatic carbocycles. The van der Waals surface area contributed by atoms with Gasteiger partial charge in [0.05, 0.1) is 6.21 Å². The summed E-state index contributed by atoms with van der Waals surface area (Å²) in [6.07, 6.45) is 3.42. The van der Waals surface area contributed by atoms with Crippen molar-refractivity contribution >= 4 is 18.2 Å². The summed E-state index contributed by atoms with van der Waals surface area (Å²) in [6.45, 7) is 2.26. The summed E-state index contributed by atoms with van der Waals surface area (Å²) in [7, 11) is 0.